The number of ether oxygens (including phenoxy) is 1. The number of amides is 1. The van der Waals surface area contributed by atoms with Crippen LogP contribution in [0.2, 0.25) is 0 Å². The molecule has 0 aliphatic heterocycles. The number of carboxylic acids is 1. The SMILES string of the molecule is O=C(O)c1ccc(C2CCCC2NC(=O)c2c[nH]c3cccc(Oc4ccc(C(F)(F)F)cc4)c23)cc1. The molecule has 1 saturated carbocycles. The molecule has 6 nitrogen and oxygen atoms in total. The van der Waals surface area contributed by atoms with E-state index in [2.05, 4.69) is 10.3 Å². The first-order valence-electron chi connectivity index (χ1n) is 11.8. The van der Waals surface area contributed by atoms with Gasteiger partial charge in [-0.1, -0.05) is 24.6 Å². The number of hydrogen-bond donors (Lipinski definition) is 3. The van der Waals surface area contributed by atoms with Gasteiger partial charge in [0, 0.05) is 23.7 Å². The fraction of sp³-hybridized carbons (Fsp3) is 0.214. The maximum absolute atomic E-state index is 13.4. The molecule has 37 heavy (non-hydrogen) atoms. The molecule has 5 rings (SSSR count). The minimum absolute atomic E-state index is 0.0554. The summed E-state index contributed by atoms with van der Waals surface area (Å²) in [6.07, 6.45) is -0.277. The van der Waals surface area contributed by atoms with Crippen LogP contribution < -0.4 is 10.1 Å². The van der Waals surface area contributed by atoms with Gasteiger partial charge in [-0.3, -0.25) is 4.79 Å². The van der Waals surface area contributed by atoms with E-state index in [1.54, 1.807) is 48.7 Å². The van der Waals surface area contributed by atoms with E-state index in [1.165, 1.54) is 12.1 Å². The lowest BCUT2D eigenvalue weighted by Gasteiger charge is -2.21. The van der Waals surface area contributed by atoms with Gasteiger partial charge in [-0.25, -0.2) is 4.79 Å². The quantitative estimate of drug-likeness (QED) is 0.269. The standard InChI is InChI=1S/C28H23F3N2O4/c29-28(30,31)18-11-13-19(14-12-18)37-24-6-2-5-23-25(24)21(15-32-23)26(34)33-22-4-1-3-20(22)16-7-9-17(10-8-16)27(35)36/h2,5-15,20,22,32H,1,3-4H2,(H,33,34)(H,35,36). The number of aromatic carboxylic acids is 1. The van der Waals surface area contributed by atoms with E-state index < -0.39 is 17.7 Å². The van der Waals surface area contributed by atoms with Gasteiger partial charge in [0.05, 0.1) is 22.1 Å². The minimum Gasteiger partial charge on any atom is -0.478 e. The second-order valence-corrected chi connectivity index (χ2v) is 9.05. The van der Waals surface area contributed by atoms with Gasteiger partial charge in [0.25, 0.3) is 5.91 Å². The van der Waals surface area contributed by atoms with Crippen molar-refractivity contribution in [2.24, 2.45) is 0 Å². The maximum atomic E-state index is 13.4. The van der Waals surface area contributed by atoms with Crippen LogP contribution in [0.3, 0.4) is 0 Å². The number of hydrogen-bond acceptors (Lipinski definition) is 3. The van der Waals surface area contributed by atoms with Crippen molar-refractivity contribution >= 4 is 22.8 Å². The summed E-state index contributed by atoms with van der Waals surface area (Å²) in [6.45, 7) is 0. The first-order chi connectivity index (χ1) is 17.7. The molecule has 0 saturated heterocycles. The normalized spacial score (nSPS) is 17.6. The first kappa shape index (κ1) is 24.4. The van der Waals surface area contributed by atoms with Crippen molar-refractivity contribution in [3.8, 4) is 11.5 Å². The highest BCUT2D eigenvalue weighted by molar-refractivity contribution is 6.09. The molecule has 1 aliphatic rings. The molecule has 1 aliphatic carbocycles. The topological polar surface area (TPSA) is 91.4 Å². The largest absolute Gasteiger partial charge is 0.478 e. The molecule has 2 unspecified atom stereocenters. The van der Waals surface area contributed by atoms with Crippen molar-refractivity contribution in [3.05, 3.63) is 95.2 Å². The molecule has 2 atom stereocenters. The lowest BCUT2D eigenvalue weighted by atomic mass is 9.93. The number of carbonyl (C=O) groups is 2. The molecule has 1 fully saturated rings. The Morgan fingerprint density at radius 1 is 0.973 bits per heavy atom. The van der Waals surface area contributed by atoms with Gasteiger partial charge in [0.1, 0.15) is 11.5 Å². The zero-order valence-corrected chi connectivity index (χ0v) is 19.5. The molecule has 0 spiro atoms. The van der Waals surface area contributed by atoms with Crippen molar-refractivity contribution in [2.75, 3.05) is 0 Å². The number of benzene rings is 3. The monoisotopic (exact) mass is 508 g/mol. The highest BCUT2D eigenvalue weighted by atomic mass is 19.4. The molecule has 3 aromatic carbocycles. The van der Waals surface area contributed by atoms with Gasteiger partial charge in [-0.15, -0.1) is 0 Å². The second-order valence-electron chi connectivity index (χ2n) is 9.05. The van der Waals surface area contributed by atoms with Gasteiger partial charge in [-0.05, 0) is 66.9 Å². The van der Waals surface area contributed by atoms with Crippen molar-refractivity contribution in [2.45, 2.75) is 37.4 Å². The van der Waals surface area contributed by atoms with E-state index in [0.29, 0.717) is 22.2 Å². The van der Waals surface area contributed by atoms with E-state index in [0.717, 1.165) is 37.0 Å². The predicted octanol–water partition coefficient (Wildman–Crippen LogP) is 6.74. The van der Waals surface area contributed by atoms with Crippen LogP contribution in [0.5, 0.6) is 11.5 Å². The van der Waals surface area contributed by atoms with E-state index in [1.807, 2.05) is 0 Å². The molecule has 0 radical (unpaired) electrons. The Labute approximate surface area is 210 Å². The van der Waals surface area contributed by atoms with Crippen LogP contribution in [0, 0.1) is 0 Å². The molecule has 1 aromatic heterocycles. The van der Waals surface area contributed by atoms with Crippen LogP contribution >= 0.6 is 0 Å². The third-order valence-electron chi connectivity index (χ3n) is 6.74. The van der Waals surface area contributed by atoms with Crippen molar-refractivity contribution < 1.29 is 32.6 Å². The van der Waals surface area contributed by atoms with Gasteiger partial charge in [0.15, 0.2) is 0 Å². The summed E-state index contributed by atoms with van der Waals surface area (Å²) in [5.74, 6) is -0.672. The van der Waals surface area contributed by atoms with Gasteiger partial charge in [0.2, 0.25) is 0 Å². The Kier molecular flexibility index (Phi) is 6.37. The van der Waals surface area contributed by atoms with Crippen molar-refractivity contribution in [1.29, 1.82) is 0 Å². The van der Waals surface area contributed by atoms with Crippen LogP contribution in [0.1, 0.15) is 57.0 Å². The molecule has 190 valence electrons. The average molecular weight is 508 g/mol. The average Bonchev–Trinajstić information content (AvgIpc) is 3.52. The summed E-state index contributed by atoms with van der Waals surface area (Å²) in [4.78, 5) is 27.6. The van der Waals surface area contributed by atoms with Gasteiger partial charge >= 0.3 is 12.1 Å². The van der Waals surface area contributed by atoms with Crippen LogP contribution in [-0.2, 0) is 6.18 Å². The van der Waals surface area contributed by atoms with E-state index >= 15 is 0 Å². The zero-order chi connectivity index (χ0) is 26.2. The highest BCUT2D eigenvalue weighted by Crippen LogP contribution is 2.37. The van der Waals surface area contributed by atoms with Crippen LogP contribution in [0.4, 0.5) is 13.2 Å². The molecule has 3 N–H and O–H groups in total. The Hall–Kier alpha value is -4.27. The molecule has 1 amide bonds. The molecule has 1 heterocycles. The molecule has 4 aromatic rings. The number of alkyl halides is 3. The first-order valence-corrected chi connectivity index (χ1v) is 11.8. The van der Waals surface area contributed by atoms with Gasteiger partial charge < -0.3 is 20.1 Å². The molecule has 0 bridgehead atoms. The van der Waals surface area contributed by atoms with Crippen LogP contribution in [0.25, 0.3) is 10.9 Å². The zero-order valence-electron chi connectivity index (χ0n) is 19.5. The van der Waals surface area contributed by atoms with Crippen LogP contribution in [0.15, 0.2) is 72.9 Å². The summed E-state index contributed by atoms with van der Waals surface area (Å²) in [7, 11) is 0. The number of carboxylic acid groups (broad SMARTS) is 1. The Bertz CT molecular complexity index is 1440. The van der Waals surface area contributed by atoms with Crippen molar-refractivity contribution in [3.63, 3.8) is 0 Å². The highest BCUT2D eigenvalue weighted by Gasteiger charge is 2.32. The number of fused-ring (bicyclic) bond motifs is 1. The van der Waals surface area contributed by atoms with Gasteiger partial charge in [-0.2, -0.15) is 13.2 Å². The number of rotatable bonds is 6. The summed E-state index contributed by atoms with van der Waals surface area (Å²) in [5.41, 5.74) is 1.43. The lowest BCUT2D eigenvalue weighted by Crippen LogP contribution is -2.36. The third-order valence-corrected chi connectivity index (χ3v) is 6.74. The number of nitrogens with one attached hydrogen (secondary N) is 2. The van der Waals surface area contributed by atoms with E-state index in [9.17, 15) is 22.8 Å². The fourth-order valence-corrected chi connectivity index (χ4v) is 4.91. The molecular weight excluding hydrogens is 485 g/mol. The molecular formula is C28H23F3N2O4. The summed E-state index contributed by atoms with van der Waals surface area (Å²) < 4.78 is 44.6. The summed E-state index contributed by atoms with van der Waals surface area (Å²) in [6, 6.07) is 16.1. The van der Waals surface area contributed by atoms with E-state index in [4.69, 9.17) is 9.84 Å². The fourth-order valence-electron chi connectivity index (χ4n) is 4.91. The number of H-pyrrole nitrogens is 1. The minimum atomic E-state index is -4.44. The summed E-state index contributed by atoms with van der Waals surface area (Å²) >= 11 is 0. The number of halogens is 3. The smallest absolute Gasteiger partial charge is 0.416 e. The third kappa shape index (κ3) is 5.02. The summed E-state index contributed by atoms with van der Waals surface area (Å²) in [5, 5.41) is 12.8. The number of aromatic nitrogens is 1. The van der Waals surface area contributed by atoms with E-state index in [-0.39, 0.29) is 29.2 Å². The Morgan fingerprint density at radius 2 is 1.70 bits per heavy atom. The predicted molar refractivity (Wildman–Crippen MR) is 131 cm³/mol. The Balaban J connectivity index is 1.37. The number of aromatic amines is 1. The Morgan fingerprint density at radius 3 is 2.38 bits per heavy atom. The second kappa shape index (κ2) is 9.65. The van der Waals surface area contributed by atoms with Crippen LogP contribution in [-0.4, -0.2) is 28.0 Å². The lowest BCUT2D eigenvalue weighted by molar-refractivity contribution is -0.137. The number of carbonyl (C=O) groups excluding carboxylic acids is 1. The van der Waals surface area contributed by atoms with Crippen molar-refractivity contribution in [1.82, 2.24) is 10.3 Å². The maximum Gasteiger partial charge on any atom is 0.416 e. The molecule has 9 heteroatoms.